The molecule has 1 aliphatic rings. The molecule has 146 valence electrons. The summed E-state index contributed by atoms with van der Waals surface area (Å²) in [7, 11) is 1.55. The van der Waals surface area contributed by atoms with Gasteiger partial charge >= 0.3 is 5.97 Å². The van der Waals surface area contributed by atoms with Gasteiger partial charge in [-0.15, -0.1) is 11.8 Å². The molecule has 1 aromatic carbocycles. The van der Waals surface area contributed by atoms with Crippen LogP contribution in [0.3, 0.4) is 0 Å². The number of ether oxygens (including phenoxy) is 1. The topological polar surface area (TPSA) is 70.4 Å². The lowest BCUT2D eigenvalue weighted by molar-refractivity contribution is -0.159. The zero-order chi connectivity index (χ0) is 20.0. The Labute approximate surface area is 161 Å². The normalized spacial score (nSPS) is 16.9. The fourth-order valence-electron chi connectivity index (χ4n) is 3.15. The van der Waals surface area contributed by atoms with Crippen molar-refractivity contribution < 1.29 is 23.1 Å². The van der Waals surface area contributed by atoms with Crippen LogP contribution in [-0.2, 0) is 14.3 Å². The first-order chi connectivity index (χ1) is 12.8. The number of carbonyl (C=O) groups is 2. The molecule has 0 spiro atoms. The molecule has 1 amide bonds. The summed E-state index contributed by atoms with van der Waals surface area (Å²) in [6, 6.07) is 5.22. The number of hydrogen-bond acceptors (Lipinski definition) is 5. The van der Waals surface area contributed by atoms with Crippen LogP contribution in [0.5, 0.6) is 0 Å². The van der Waals surface area contributed by atoms with Gasteiger partial charge in [-0.1, -0.05) is 19.3 Å². The van der Waals surface area contributed by atoms with E-state index in [1.165, 1.54) is 11.8 Å². The summed E-state index contributed by atoms with van der Waals surface area (Å²) in [5, 5.41) is 9.56. The molecule has 0 aliphatic heterocycles. The minimum atomic E-state index is -1.06. The summed E-state index contributed by atoms with van der Waals surface area (Å²) in [6.07, 6.45) is 2.91. The van der Waals surface area contributed by atoms with Crippen molar-refractivity contribution in [3.05, 3.63) is 29.8 Å². The average molecular weight is 396 g/mol. The predicted octanol–water partition coefficient (Wildman–Crippen LogP) is 3.67. The maximum atomic E-state index is 13.6. The number of halogens is 2. The van der Waals surface area contributed by atoms with Crippen LogP contribution in [0.15, 0.2) is 23.1 Å². The van der Waals surface area contributed by atoms with Crippen molar-refractivity contribution in [2.45, 2.75) is 55.6 Å². The van der Waals surface area contributed by atoms with E-state index in [2.05, 4.69) is 6.07 Å². The predicted molar refractivity (Wildman–Crippen MR) is 96.8 cm³/mol. The Kier molecular flexibility index (Phi) is 7.19. The molecule has 0 radical (unpaired) electrons. The van der Waals surface area contributed by atoms with Gasteiger partial charge in [-0.05, 0) is 38.0 Å². The Morgan fingerprint density at radius 1 is 1.33 bits per heavy atom. The molecule has 1 aromatic rings. The third-order valence-corrected chi connectivity index (χ3v) is 5.76. The number of likely N-dealkylation sites (N-methyl/N-ethyl adjacent to an activating group) is 1. The second kappa shape index (κ2) is 9.18. The molecule has 5 nitrogen and oxygen atoms in total. The largest absolute Gasteiger partial charge is 0.452 e. The Balaban J connectivity index is 1.92. The summed E-state index contributed by atoms with van der Waals surface area (Å²) in [6.45, 7) is 1.44. The summed E-state index contributed by atoms with van der Waals surface area (Å²) in [4.78, 5) is 25.9. The van der Waals surface area contributed by atoms with Gasteiger partial charge in [0.05, 0.1) is 11.8 Å². The fourth-order valence-corrected chi connectivity index (χ4v) is 3.89. The second-order valence-corrected chi connectivity index (χ2v) is 7.61. The van der Waals surface area contributed by atoms with Crippen LogP contribution in [-0.4, -0.2) is 41.2 Å². The van der Waals surface area contributed by atoms with E-state index in [9.17, 15) is 23.6 Å². The lowest BCUT2D eigenvalue weighted by Gasteiger charge is -2.39. The number of hydrogen-bond donors (Lipinski definition) is 0. The van der Waals surface area contributed by atoms with Gasteiger partial charge in [-0.25, -0.2) is 8.78 Å². The van der Waals surface area contributed by atoms with Crippen molar-refractivity contribution in [3.8, 4) is 6.07 Å². The molecule has 0 N–H and O–H groups in total. The first-order valence-electron chi connectivity index (χ1n) is 8.75. The molecule has 1 fully saturated rings. The highest BCUT2D eigenvalue weighted by atomic mass is 32.2. The van der Waals surface area contributed by atoms with Crippen molar-refractivity contribution in [2.24, 2.45) is 0 Å². The van der Waals surface area contributed by atoms with Crippen molar-refractivity contribution in [1.29, 1.82) is 5.26 Å². The van der Waals surface area contributed by atoms with Crippen molar-refractivity contribution in [3.63, 3.8) is 0 Å². The molecular formula is C19H22F2N2O3S. The monoisotopic (exact) mass is 396 g/mol. The van der Waals surface area contributed by atoms with Gasteiger partial charge < -0.3 is 9.64 Å². The minimum Gasteiger partial charge on any atom is -0.452 e. The van der Waals surface area contributed by atoms with Crippen LogP contribution in [0.2, 0.25) is 0 Å². The van der Waals surface area contributed by atoms with Gasteiger partial charge in [0.2, 0.25) is 0 Å². The summed E-state index contributed by atoms with van der Waals surface area (Å²) in [5.74, 6) is -2.66. The Bertz CT molecular complexity index is 745. The molecule has 0 bridgehead atoms. The van der Waals surface area contributed by atoms with E-state index >= 15 is 0 Å². The van der Waals surface area contributed by atoms with Crippen LogP contribution < -0.4 is 0 Å². The van der Waals surface area contributed by atoms with Crippen LogP contribution >= 0.6 is 11.8 Å². The number of thioether (sulfide) groups is 1. The SMILES string of the molecule is C[C@@H](OC(=O)CSc1cc(F)ccc1F)C(=O)N(C)C1(C#N)CCCCC1. The number of amides is 1. The third-order valence-electron chi connectivity index (χ3n) is 4.76. The number of carbonyl (C=O) groups excluding carboxylic acids is 2. The van der Waals surface area contributed by atoms with Crippen LogP contribution in [0, 0.1) is 23.0 Å². The molecule has 1 saturated carbocycles. The van der Waals surface area contributed by atoms with E-state index in [1.807, 2.05) is 0 Å². The fraction of sp³-hybridized carbons (Fsp3) is 0.526. The van der Waals surface area contributed by atoms with Crippen molar-refractivity contribution in [2.75, 3.05) is 12.8 Å². The zero-order valence-corrected chi connectivity index (χ0v) is 16.2. The molecule has 2 rings (SSSR count). The van der Waals surface area contributed by atoms with E-state index in [1.54, 1.807) is 7.05 Å². The Morgan fingerprint density at radius 3 is 2.63 bits per heavy atom. The van der Waals surface area contributed by atoms with Gasteiger partial charge in [0.25, 0.3) is 5.91 Å². The lowest BCUT2D eigenvalue weighted by Crippen LogP contribution is -2.53. The molecule has 0 aromatic heterocycles. The first-order valence-corrected chi connectivity index (χ1v) is 9.74. The maximum absolute atomic E-state index is 13.6. The molecule has 0 saturated heterocycles. The number of esters is 1. The highest BCUT2D eigenvalue weighted by Crippen LogP contribution is 2.33. The Hall–Kier alpha value is -2.14. The highest BCUT2D eigenvalue weighted by molar-refractivity contribution is 8.00. The summed E-state index contributed by atoms with van der Waals surface area (Å²) in [5.41, 5.74) is -0.866. The molecular weight excluding hydrogens is 374 g/mol. The van der Waals surface area contributed by atoms with E-state index in [0.29, 0.717) is 12.8 Å². The lowest BCUT2D eigenvalue weighted by atomic mass is 9.81. The van der Waals surface area contributed by atoms with Gasteiger partial charge in [0, 0.05) is 11.9 Å². The molecule has 1 aliphatic carbocycles. The van der Waals surface area contributed by atoms with Crippen LogP contribution in [0.25, 0.3) is 0 Å². The van der Waals surface area contributed by atoms with E-state index in [0.717, 1.165) is 49.2 Å². The van der Waals surface area contributed by atoms with Gasteiger partial charge in [0.1, 0.15) is 17.2 Å². The first kappa shape index (κ1) is 21.2. The van der Waals surface area contributed by atoms with Crippen LogP contribution in [0.1, 0.15) is 39.0 Å². The van der Waals surface area contributed by atoms with Crippen LogP contribution in [0.4, 0.5) is 8.78 Å². The van der Waals surface area contributed by atoms with Crippen molar-refractivity contribution in [1.82, 2.24) is 4.90 Å². The quantitative estimate of drug-likeness (QED) is 0.542. The van der Waals surface area contributed by atoms with E-state index in [4.69, 9.17) is 4.74 Å². The molecule has 1 atom stereocenters. The van der Waals surface area contributed by atoms with Gasteiger partial charge in [-0.3, -0.25) is 9.59 Å². The maximum Gasteiger partial charge on any atom is 0.317 e. The molecule has 27 heavy (non-hydrogen) atoms. The minimum absolute atomic E-state index is 0.00585. The Morgan fingerprint density at radius 2 is 2.00 bits per heavy atom. The summed E-state index contributed by atoms with van der Waals surface area (Å²) < 4.78 is 31.9. The zero-order valence-electron chi connectivity index (χ0n) is 15.3. The summed E-state index contributed by atoms with van der Waals surface area (Å²) >= 11 is 0.796. The molecule has 0 heterocycles. The standard InChI is InChI=1S/C19H22F2N2O3S/c1-13(18(25)23(2)19(12-22)8-4-3-5-9-19)26-17(24)11-27-16-10-14(20)6-7-15(16)21/h6-7,10,13H,3-5,8-9,11H2,1-2H3/t13-/m1/s1. The number of nitrogens with zero attached hydrogens (tertiary/aromatic N) is 2. The number of nitriles is 1. The van der Waals surface area contributed by atoms with E-state index < -0.39 is 35.2 Å². The average Bonchev–Trinajstić information content (AvgIpc) is 2.67. The number of benzene rings is 1. The van der Waals surface area contributed by atoms with E-state index in [-0.39, 0.29) is 10.6 Å². The van der Waals surface area contributed by atoms with Gasteiger partial charge in [0.15, 0.2) is 6.10 Å². The highest BCUT2D eigenvalue weighted by Gasteiger charge is 2.40. The van der Waals surface area contributed by atoms with Gasteiger partial charge in [-0.2, -0.15) is 5.26 Å². The second-order valence-electron chi connectivity index (χ2n) is 6.60. The third kappa shape index (κ3) is 5.19. The smallest absolute Gasteiger partial charge is 0.317 e. The molecule has 0 unspecified atom stereocenters. The number of rotatable bonds is 6. The molecule has 8 heteroatoms. The van der Waals surface area contributed by atoms with Crippen molar-refractivity contribution >= 4 is 23.6 Å².